The minimum absolute atomic E-state index is 0.0475. The lowest BCUT2D eigenvalue weighted by atomic mass is 10.2. The van der Waals surface area contributed by atoms with Gasteiger partial charge < -0.3 is 10.6 Å². The fourth-order valence-corrected chi connectivity index (χ4v) is 0.728. The van der Waals surface area contributed by atoms with Crippen LogP contribution >= 0.6 is 0 Å². The number of nitrogens with two attached hydrogens (primary N) is 1. The van der Waals surface area contributed by atoms with Crippen molar-refractivity contribution in [3.8, 4) is 0 Å². The van der Waals surface area contributed by atoms with Crippen molar-refractivity contribution in [3.05, 3.63) is 0 Å². The topological polar surface area (TPSA) is 46.1 Å². The molecule has 0 aromatic carbocycles. The van der Waals surface area contributed by atoms with Crippen molar-refractivity contribution >= 4 is 6.03 Å². The van der Waals surface area contributed by atoms with E-state index < -0.39 is 0 Å². The quantitative estimate of drug-likeness (QED) is 0.448. The van der Waals surface area contributed by atoms with Gasteiger partial charge in [-0.1, -0.05) is 0 Å². The normalized spacial score (nSPS) is 23.0. The largest absolute Gasteiger partial charge is 0.351 e. The number of nitrogens with zero attached hydrogens (tertiary/aromatic N) is 1. The standard InChI is InChI=1S/C5H10N2O/c1-5(2)3-7(5)4(6)8/h3H2,1-2H3,(H2,6,8). The SMILES string of the molecule is CC1(C)CN1C(N)=O. The van der Waals surface area contributed by atoms with E-state index in [4.69, 9.17) is 5.73 Å². The first-order chi connectivity index (χ1) is 3.54. The highest BCUT2D eigenvalue weighted by Crippen LogP contribution is 2.29. The molecule has 0 aromatic rings. The molecule has 3 nitrogen and oxygen atoms in total. The monoisotopic (exact) mass is 114 g/mol. The maximum Gasteiger partial charge on any atom is 0.315 e. The highest BCUT2D eigenvalue weighted by molar-refractivity contribution is 5.76. The van der Waals surface area contributed by atoms with E-state index in [0.717, 1.165) is 6.54 Å². The molecule has 0 atom stereocenters. The average Bonchev–Trinajstić information content (AvgIpc) is 2.13. The van der Waals surface area contributed by atoms with Crippen LogP contribution in [-0.4, -0.2) is 23.0 Å². The Bertz CT molecular complexity index is 130. The van der Waals surface area contributed by atoms with Crippen LogP contribution in [-0.2, 0) is 0 Å². The van der Waals surface area contributed by atoms with Gasteiger partial charge in [-0.25, -0.2) is 4.79 Å². The second-order valence-corrected chi connectivity index (χ2v) is 2.74. The lowest BCUT2D eigenvalue weighted by Crippen LogP contribution is -2.23. The van der Waals surface area contributed by atoms with Gasteiger partial charge in [0, 0.05) is 6.54 Å². The lowest BCUT2D eigenvalue weighted by Gasteiger charge is -1.99. The number of rotatable bonds is 0. The number of primary amides is 1. The molecule has 0 spiro atoms. The Morgan fingerprint density at radius 1 is 1.75 bits per heavy atom. The summed E-state index contributed by atoms with van der Waals surface area (Å²) in [4.78, 5) is 11.9. The number of carbonyl (C=O) groups is 1. The first-order valence-electron chi connectivity index (χ1n) is 2.61. The molecule has 1 saturated heterocycles. The molecule has 2 N–H and O–H groups in total. The summed E-state index contributed by atoms with van der Waals surface area (Å²) in [6.07, 6.45) is 0. The summed E-state index contributed by atoms with van der Waals surface area (Å²) in [5.74, 6) is 0. The fourth-order valence-electron chi connectivity index (χ4n) is 0.728. The van der Waals surface area contributed by atoms with Crippen LogP contribution in [0.3, 0.4) is 0 Å². The Morgan fingerprint density at radius 3 is 2.12 bits per heavy atom. The molecule has 1 aliphatic heterocycles. The van der Waals surface area contributed by atoms with Gasteiger partial charge in [0.25, 0.3) is 0 Å². The summed E-state index contributed by atoms with van der Waals surface area (Å²) in [6, 6.07) is -0.310. The van der Waals surface area contributed by atoms with Crippen molar-refractivity contribution in [1.29, 1.82) is 0 Å². The molecule has 1 rings (SSSR count). The molecule has 0 saturated carbocycles. The van der Waals surface area contributed by atoms with E-state index in [1.807, 2.05) is 13.8 Å². The van der Waals surface area contributed by atoms with Gasteiger partial charge >= 0.3 is 6.03 Å². The molecule has 0 unspecified atom stereocenters. The number of hydrogen-bond acceptors (Lipinski definition) is 1. The number of amides is 2. The van der Waals surface area contributed by atoms with Gasteiger partial charge in [0.2, 0.25) is 0 Å². The molecule has 0 aliphatic carbocycles. The third-order valence-corrected chi connectivity index (χ3v) is 1.44. The minimum atomic E-state index is -0.310. The molecular weight excluding hydrogens is 104 g/mol. The van der Waals surface area contributed by atoms with Crippen molar-refractivity contribution in [2.24, 2.45) is 5.73 Å². The van der Waals surface area contributed by atoms with Crippen molar-refractivity contribution < 1.29 is 4.79 Å². The highest BCUT2D eigenvalue weighted by Gasteiger charge is 2.45. The van der Waals surface area contributed by atoms with Crippen molar-refractivity contribution in [2.45, 2.75) is 19.4 Å². The van der Waals surface area contributed by atoms with Crippen LogP contribution in [0.4, 0.5) is 4.79 Å². The molecule has 0 aromatic heterocycles. The van der Waals surface area contributed by atoms with Crippen LogP contribution in [0.2, 0.25) is 0 Å². The van der Waals surface area contributed by atoms with Gasteiger partial charge in [-0.05, 0) is 13.8 Å². The molecule has 8 heavy (non-hydrogen) atoms. The second-order valence-electron chi connectivity index (χ2n) is 2.74. The van der Waals surface area contributed by atoms with Crippen LogP contribution in [0, 0.1) is 0 Å². The zero-order chi connectivity index (χ0) is 6.36. The van der Waals surface area contributed by atoms with Crippen molar-refractivity contribution in [2.75, 3.05) is 6.54 Å². The zero-order valence-corrected chi connectivity index (χ0v) is 5.14. The smallest absolute Gasteiger partial charge is 0.315 e. The third-order valence-electron chi connectivity index (χ3n) is 1.44. The molecule has 1 fully saturated rings. The van der Waals surface area contributed by atoms with E-state index in [1.54, 1.807) is 4.90 Å². The summed E-state index contributed by atoms with van der Waals surface area (Å²) in [6.45, 7) is 4.78. The van der Waals surface area contributed by atoms with Gasteiger partial charge in [0.15, 0.2) is 0 Å². The van der Waals surface area contributed by atoms with E-state index in [9.17, 15) is 4.79 Å². The number of urea groups is 1. The Kier molecular flexibility index (Phi) is 0.782. The predicted octanol–water partition coefficient (Wildman–Crippen LogP) is 0.159. The highest BCUT2D eigenvalue weighted by atomic mass is 16.2. The zero-order valence-electron chi connectivity index (χ0n) is 5.14. The molecule has 1 heterocycles. The summed E-state index contributed by atoms with van der Waals surface area (Å²) in [5.41, 5.74) is 5.01. The van der Waals surface area contributed by atoms with Gasteiger partial charge in [-0.3, -0.25) is 0 Å². The summed E-state index contributed by atoms with van der Waals surface area (Å²) < 4.78 is 0. The fraction of sp³-hybridized carbons (Fsp3) is 0.800. The first kappa shape index (κ1) is 5.41. The molecule has 2 amide bonds. The second kappa shape index (κ2) is 1.16. The predicted molar refractivity (Wildman–Crippen MR) is 30.4 cm³/mol. The molecule has 0 radical (unpaired) electrons. The van der Waals surface area contributed by atoms with E-state index in [-0.39, 0.29) is 11.6 Å². The van der Waals surface area contributed by atoms with Gasteiger partial charge in [-0.2, -0.15) is 0 Å². The molecule has 3 heteroatoms. The Hall–Kier alpha value is -0.730. The minimum Gasteiger partial charge on any atom is -0.351 e. The summed E-state index contributed by atoms with van der Waals surface area (Å²) in [5, 5.41) is 0. The average molecular weight is 114 g/mol. The van der Waals surface area contributed by atoms with E-state index in [0.29, 0.717) is 0 Å². The van der Waals surface area contributed by atoms with Crippen molar-refractivity contribution in [3.63, 3.8) is 0 Å². The van der Waals surface area contributed by atoms with Crippen LogP contribution < -0.4 is 5.73 Å². The maximum atomic E-state index is 10.3. The maximum absolute atomic E-state index is 10.3. The number of carbonyl (C=O) groups excluding carboxylic acids is 1. The van der Waals surface area contributed by atoms with Gasteiger partial charge in [0.05, 0.1) is 5.54 Å². The Balaban J connectivity index is 2.48. The molecule has 1 aliphatic rings. The van der Waals surface area contributed by atoms with E-state index in [2.05, 4.69) is 0 Å². The first-order valence-corrected chi connectivity index (χ1v) is 2.61. The lowest BCUT2D eigenvalue weighted by molar-refractivity contribution is 0.233. The Morgan fingerprint density at radius 2 is 2.12 bits per heavy atom. The third kappa shape index (κ3) is 0.638. The summed E-state index contributed by atoms with van der Waals surface area (Å²) in [7, 11) is 0. The van der Waals surface area contributed by atoms with Gasteiger partial charge in [-0.15, -0.1) is 0 Å². The van der Waals surface area contributed by atoms with Crippen LogP contribution in [0.25, 0.3) is 0 Å². The van der Waals surface area contributed by atoms with Crippen LogP contribution in [0.15, 0.2) is 0 Å². The summed E-state index contributed by atoms with van der Waals surface area (Å²) >= 11 is 0. The number of hydrogen-bond donors (Lipinski definition) is 1. The van der Waals surface area contributed by atoms with E-state index >= 15 is 0 Å². The molecule has 46 valence electrons. The van der Waals surface area contributed by atoms with Gasteiger partial charge in [0.1, 0.15) is 0 Å². The Labute approximate surface area is 48.5 Å². The molecule has 0 bridgehead atoms. The van der Waals surface area contributed by atoms with Crippen LogP contribution in [0.1, 0.15) is 13.8 Å². The van der Waals surface area contributed by atoms with Crippen LogP contribution in [0.5, 0.6) is 0 Å². The molecular formula is C5H10N2O. The van der Waals surface area contributed by atoms with Crippen molar-refractivity contribution in [1.82, 2.24) is 4.90 Å². The van der Waals surface area contributed by atoms with E-state index in [1.165, 1.54) is 0 Å².